The molecule has 0 unspecified atom stereocenters. The summed E-state index contributed by atoms with van der Waals surface area (Å²) in [6, 6.07) is 8.56. The van der Waals surface area contributed by atoms with E-state index in [9.17, 15) is 20.2 Å². The Kier molecular flexibility index (Phi) is 7.13. The number of aromatic nitrogens is 2. The van der Waals surface area contributed by atoms with Gasteiger partial charge in [-0.25, -0.2) is 48.1 Å². The van der Waals surface area contributed by atoms with Gasteiger partial charge in [-0.3, -0.25) is 0 Å². The maximum atomic E-state index is 16.8. The summed E-state index contributed by atoms with van der Waals surface area (Å²) >= 11 is 0. The zero-order valence-electron chi connectivity index (χ0n) is 22.3. The molecule has 2 aliphatic rings. The van der Waals surface area contributed by atoms with Crippen molar-refractivity contribution < 1.29 is 17.6 Å². The van der Waals surface area contributed by atoms with Gasteiger partial charge in [0.05, 0.1) is 49.6 Å². The summed E-state index contributed by atoms with van der Waals surface area (Å²) in [5.41, 5.74) is -8.80. The van der Waals surface area contributed by atoms with Gasteiger partial charge in [0, 0.05) is 34.0 Å². The number of benzene rings is 2. The van der Waals surface area contributed by atoms with Gasteiger partial charge >= 0.3 is 0 Å². The average molecular weight is 604 g/mol. The van der Waals surface area contributed by atoms with Crippen molar-refractivity contribution in [3.63, 3.8) is 0 Å². The second-order valence-electron chi connectivity index (χ2n) is 9.03. The van der Waals surface area contributed by atoms with Gasteiger partial charge in [0.25, 0.3) is 11.4 Å². The second kappa shape index (κ2) is 11.1. The van der Waals surface area contributed by atoms with Gasteiger partial charge in [-0.05, 0) is 40.5 Å². The van der Waals surface area contributed by atoms with Crippen LogP contribution in [-0.4, -0.2) is 9.97 Å². The normalized spacial score (nSPS) is 14.7. The minimum absolute atomic E-state index is 0.362. The summed E-state index contributed by atoms with van der Waals surface area (Å²) in [7, 11) is 0. The van der Waals surface area contributed by atoms with Crippen LogP contribution in [0.15, 0.2) is 35.8 Å². The van der Waals surface area contributed by atoms with E-state index in [0.29, 0.717) is 12.1 Å². The lowest BCUT2D eigenvalue weighted by Crippen LogP contribution is -2.01. The number of hydrogen-bond donors (Lipinski definition) is 0. The summed E-state index contributed by atoms with van der Waals surface area (Å²) in [5.74, 6) is -5.74. The molecule has 0 bridgehead atoms. The molecule has 0 atom stereocenters. The molecule has 0 aliphatic heterocycles. The topological polar surface area (TPSA) is 138 Å². The van der Waals surface area contributed by atoms with Gasteiger partial charge in [0.2, 0.25) is 23.2 Å². The van der Waals surface area contributed by atoms with Crippen LogP contribution in [0, 0.1) is 95.0 Å². The number of fused-ring (bicyclic) bond motifs is 2. The molecule has 0 spiro atoms. The van der Waals surface area contributed by atoms with Gasteiger partial charge < -0.3 is 0 Å². The maximum Gasteiger partial charge on any atom is 0.270 e. The minimum Gasteiger partial charge on any atom is -0.237 e. The summed E-state index contributed by atoms with van der Waals surface area (Å²) in [6.07, 6.45) is 0.800. The first kappa shape index (κ1) is 29.6. The molecule has 1 aromatic heterocycles. The van der Waals surface area contributed by atoms with Crippen LogP contribution in [0.4, 0.5) is 23.2 Å². The number of nitrogens with zero attached hydrogens (tertiary/aromatic N) is 10. The third-order valence-corrected chi connectivity index (χ3v) is 6.95. The minimum atomic E-state index is -1.35. The largest absolute Gasteiger partial charge is 0.270 e. The predicted octanol–water partition coefficient (Wildman–Crippen LogP) is 7.01. The number of rotatable bonds is 2. The van der Waals surface area contributed by atoms with E-state index in [1.54, 1.807) is 18.2 Å². The molecule has 0 N–H and O–H groups in total. The monoisotopic (exact) mass is 604 g/mol. The second-order valence-corrected chi connectivity index (χ2v) is 9.03. The van der Waals surface area contributed by atoms with Gasteiger partial charge in [-0.1, -0.05) is 0 Å². The molecule has 0 fully saturated rings. The van der Waals surface area contributed by atoms with Crippen molar-refractivity contribution in [3.8, 4) is 24.3 Å². The first-order valence-corrected chi connectivity index (χ1v) is 12.1. The van der Waals surface area contributed by atoms with Crippen LogP contribution in [0.25, 0.3) is 52.9 Å². The first-order chi connectivity index (χ1) is 22.1. The van der Waals surface area contributed by atoms with Crippen LogP contribution < -0.4 is 0 Å². The van der Waals surface area contributed by atoms with E-state index < -0.39 is 102 Å². The van der Waals surface area contributed by atoms with Crippen LogP contribution in [0.5, 0.6) is 0 Å². The molecular formula is C32H4F4N10. The molecule has 2 aliphatic carbocycles. The Bertz CT molecular complexity index is 2470. The first-order valence-electron chi connectivity index (χ1n) is 12.1. The lowest BCUT2D eigenvalue weighted by molar-refractivity contribution is 0.573. The quantitative estimate of drug-likeness (QED) is 0.133. The predicted molar refractivity (Wildman–Crippen MR) is 150 cm³/mol. The molecule has 46 heavy (non-hydrogen) atoms. The molecule has 5 rings (SSSR count). The summed E-state index contributed by atoms with van der Waals surface area (Å²) in [6.45, 7) is 30.0. The molecule has 0 saturated carbocycles. The van der Waals surface area contributed by atoms with Crippen molar-refractivity contribution in [3.05, 3.63) is 144 Å². The van der Waals surface area contributed by atoms with E-state index >= 15 is 13.2 Å². The van der Waals surface area contributed by atoms with Gasteiger partial charge in [-0.15, -0.1) is 0 Å². The van der Waals surface area contributed by atoms with Crippen molar-refractivity contribution >= 4 is 39.2 Å². The third kappa shape index (κ3) is 4.03. The Morgan fingerprint density at radius 2 is 1.33 bits per heavy atom. The van der Waals surface area contributed by atoms with Crippen molar-refractivity contribution in [2.45, 2.75) is 0 Å². The molecule has 0 radical (unpaired) electrons. The fourth-order valence-corrected chi connectivity index (χ4v) is 5.20. The highest BCUT2D eigenvalue weighted by atomic mass is 19.1. The molecule has 2 aromatic carbocycles. The van der Waals surface area contributed by atoms with Crippen LogP contribution in [0.2, 0.25) is 0 Å². The highest BCUT2D eigenvalue weighted by Crippen LogP contribution is 2.56. The summed E-state index contributed by atoms with van der Waals surface area (Å²) < 4.78 is 62.2. The van der Waals surface area contributed by atoms with Crippen LogP contribution in [0.1, 0.15) is 39.2 Å². The van der Waals surface area contributed by atoms with Gasteiger partial charge in [0.1, 0.15) is 29.6 Å². The molecule has 210 valence electrons. The van der Waals surface area contributed by atoms with E-state index in [2.05, 4.69) is 29.3 Å². The number of allylic oxidation sites excluding steroid dienone is 7. The van der Waals surface area contributed by atoms with E-state index in [-0.39, 0.29) is 11.1 Å². The zero-order valence-corrected chi connectivity index (χ0v) is 22.3. The highest BCUT2D eigenvalue weighted by Gasteiger charge is 2.41. The van der Waals surface area contributed by atoms with E-state index in [0.717, 1.165) is 12.3 Å². The zero-order chi connectivity index (χ0) is 33.4. The lowest BCUT2D eigenvalue weighted by Gasteiger charge is -2.14. The van der Waals surface area contributed by atoms with Gasteiger partial charge in [0.15, 0.2) is 0 Å². The summed E-state index contributed by atoms with van der Waals surface area (Å²) in [4.78, 5) is 19.5. The average Bonchev–Trinajstić information content (AvgIpc) is 3.56. The lowest BCUT2D eigenvalue weighted by atomic mass is 9.91. The molecule has 0 saturated heterocycles. The van der Waals surface area contributed by atoms with Gasteiger partial charge in [-0.2, -0.15) is 19.9 Å². The van der Waals surface area contributed by atoms with Crippen molar-refractivity contribution in [1.29, 1.82) is 21.0 Å². The van der Waals surface area contributed by atoms with E-state index in [4.69, 9.17) is 31.6 Å². The van der Waals surface area contributed by atoms with E-state index in [1.165, 1.54) is 6.07 Å². The Morgan fingerprint density at radius 3 is 1.85 bits per heavy atom. The number of nitriles is 4. The molecule has 3 aromatic rings. The van der Waals surface area contributed by atoms with Crippen molar-refractivity contribution in [2.24, 2.45) is 0 Å². The van der Waals surface area contributed by atoms with Crippen LogP contribution >= 0.6 is 0 Å². The van der Waals surface area contributed by atoms with Crippen LogP contribution in [0.3, 0.4) is 0 Å². The Morgan fingerprint density at radius 1 is 0.696 bits per heavy atom. The molecule has 10 nitrogen and oxygen atoms in total. The maximum absolute atomic E-state index is 16.8. The number of hydrogen-bond acceptors (Lipinski definition) is 6. The fraction of sp³-hybridized carbons (Fsp3) is 0. The summed E-state index contributed by atoms with van der Waals surface area (Å²) in [5, 5.41) is 38.9. The molecule has 1 heterocycles. The third-order valence-electron chi connectivity index (χ3n) is 6.95. The SMILES string of the molecule is [C-]#[N+]C1=C(c2cc(F)c([N+]#[C-])cc2F)/C(=C(/C#N)[N+]#[C-])c2cc3c(c(F)c21)C(C#N)=C(c1cnc(C#N)nc1F)/C3=C(\C#N)[N+]#[C-]. The molecular weight excluding hydrogens is 600 g/mol. The van der Waals surface area contributed by atoms with Crippen molar-refractivity contribution in [1.82, 2.24) is 9.97 Å². The Hall–Kier alpha value is -7.88. The van der Waals surface area contributed by atoms with E-state index in [1.807, 2.05) is 0 Å². The Balaban J connectivity index is 2.01. The highest BCUT2D eigenvalue weighted by molar-refractivity contribution is 6.29. The number of halogens is 4. The van der Waals surface area contributed by atoms with Crippen LogP contribution in [-0.2, 0) is 0 Å². The molecule has 14 heteroatoms. The van der Waals surface area contributed by atoms with Crippen molar-refractivity contribution in [2.75, 3.05) is 0 Å². The smallest absolute Gasteiger partial charge is 0.237 e. The Labute approximate surface area is 256 Å². The standard InChI is InChI=1S/C32H4F4N10/c1-41-20-7-18(33)13(6-19(20)34)28-27(22(10-39)43-3)15-5-14-25(30(35)29(15)31(28)44-4)16(8-37)24(26(14)21(9-38)42-2)17-12-45-23(11-40)46-32(17)36/h5-7,12H/b26-21+,27-22-. The molecule has 0 amide bonds. The fourth-order valence-electron chi connectivity index (χ4n) is 5.20.